The van der Waals surface area contributed by atoms with E-state index in [1.807, 2.05) is 53.4 Å². The van der Waals surface area contributed by atoms with Gasteiger partial charge in [-0.05, 0) is 43.4 Å². The molecule has 2 amide bonds. The van der Waals surface area contributed by atoms with E-state index in [2.05, 4.69) is 22.3 Å². The SMILES string of the molecule is O=C(NC1CCN(C(C(=O)N2CCCC2)c2ccccc2)CC1)c1ccccc1. The van der Waals surface area contributed by atoms with Crippen molar-refractivity contribution in [3.05, 3.63) is 71.8 Å². The predicted octanol–water partition coefficient (Wildman–Crippen LogP) is 3.24. The largest absolute Gasteiger partial charge is 0.349 e. The van der Waals surface area contributed by atoms with Crippen molar-refractivity contribution < 1.29 is 9.59 Å². The van der Waals surface area contributed by atoms with Crippen molar-refractivity contribution in [1.82, 2.24) is 15.1 Å². The van der Waals surface area contributed by atoms with Crippen molar-refractivity contribution in [3.63, 3.8) is 0 Å². The maximum atomic E-state index is 13.3. The molecule has 5 nitrogen and oxygen atoms in total. The lowest BCUT2D eigenvalue weighted by atomic mass is 9.98. The molecule has 0 aliphatic carbocycles. The third kappa shape index (κ3) is 4.67. The highest BCUT2D eigenvalue weighted by Gasteiger charge is 2.34. The van der Waals surface area contributed by atoms with Gasteiger partial charge in [-0.2, -0.15) is 0 Å². The molecular weight excluding hydrogens is 362 g/mol. The summed E-state index contributed by atoms with van der Waals surface area (Å²) in [5, 5.41) is 3.16. The molecule has 1 unspecified atom stereocenters. The van der Waals surface area contributed by atoms with Gasteiger partial charge in [0.05, 0.1) is 0 Å². The van der Waals surface area contributed by atoms with Gasteiger partial charge in [-0.3, -0.25) is 14.5 Å². The van der Waals surface area contributed by atoms with Crippen molar-refractivity contribution in [2.24, 2.45) is 0 Å². The van der Waals surface area contributed by atoms with Crippen molar-refractivity contribution in [3.8, 4) is 0 Å². The summed E-state index contributed by atoms with van der Waals surface area (Å²) in [4.78, 5) is 30.1. The van der Waals surface area contributed by atoms with E-state index in [1.54, 1.807) is 0 Å². The van der Waals surface area contributed by atoms with Crippen molar-refractivity contribution in [2.75, 3.05) is 26.2 Å². The lowest BCUT2D eigenvalue weighted by Gasteiger charge is -2.38. The molecule has 0 bridgehead atoms. The number of hydrogen-bond acceptors (Lipinski definition) is 3. The zero-order valence-corrected chi connectivity index (χ0v) is 16.8. The van der Waals surface area contributed by atoms with Crippen LogP contribution in [0.2, 0.25) is 0 Å². The van der Waals surface area contributed by atoms with Gasteiger partial charge in [-0.1, -0.05) is 48.5 Å². The van der Waals surface area contributed by atoms with E-state index in [1.165, 1.54) is 0 Å². The van der Waals surface area contributed by atoms with Crippen molar-refractivity contribution in [1.29, 1.82) is 0 Å². The van der Waals surface area contributed by atoms with Crippen molar-refractivity contribution in [2.45, 2.75) is 37.8 Å². The first-order chi connectivity index (χ1) is 14.2. The van der Waals surface area contributed by atoms with Crippen LogP contribution in [0.3, 0.4) is 0 Å². The van der Waals surface area contributed by atoms with Crippen LogP contribution < -0.4 is 5.32 Å². The number of carbonyl (C=O) groups is 2. The summed E-state index contributed by atoms with van der Waals surface area (Å²) in [6, 6.07) is 19.4. The van der Waals surface area contributed by atoms with Crippen LogP contribution in [0.15, 0.2) is 60.7 Å². The highest BCUT2D eigenvalue weighted by atomic mass is 16.2. The minimum Gasteiger partial charge on any atom is -0.349 e. The molecule has 1 atom stereocenters. The summed E-state index contributed by atoms with van der Waals surface area (Å²) in [5.41, 5.74) is 1.76. The van der Waals surface area contributed by atoms with E-state index in [-0.39, 0.29) is 23.9 Å². The molecule has 0 spiro atoms. The molecule has 2 fully saturated rings. The van der Waals surface area contributed by atoms with Gasteiger partial charge >= 0.3 is 0 Å². The molecule has 2 aliphatic heterocycles. The first kappa shape index (κ1) is 19.6. The van der Waals surface area contributed by atoms with Crippen molar-refractivity contribution >= 4 is 11.8 Å². The predicted molar refractivity (Wildman–Crippen MR) is 114 cm³/mol. The number of nitrogens with one attached hydrogen (secondary N) is 1. The monoisotopic (exact) mass is 391 g/mol. The van der Waals surface area contributed by atoms with Gasteiger partial charge < -0.3 is 10.2 Å². The molecule has 2 saturated heterocycles. The van der Waals surface area contributed by atoms with Crippen LogP contribution in [0, 0.1) is 0 Å². The second kappa shape index (κ2) is 9.23. The number of rotatable bonds is 5. The molecule has 0 radical (unpaired) electrons. The summed E-state index contributed by atoms with van der Waals surface area (Å²) in [6.07, 6.45) is 3.91. The molecule has 2 heterocycles. The molecule has 152 valence electrons. The number of carbonyl (C=O) groups excluding carboxylic acids is 2. The highest BCUT2D eigenvalue weighted by molar-refractivity contribution is 5.94. The lowest BCUT2D eigenvalue weighted by Crippen LogP contribution is -2.49. The van der Waals surface area contributed by atoms with E-state index in [0.717, 1.165) is 57.4 Å². The summed E-state index contributed by atoms with van der Waals surface area (Å²) in [5.74, 6) is 0.206. The Kier molecular flexibility index (Phi) is 6.25. The summed E-state index contributed by atoms with van der Waals surface area (Å²) in [7, 11) is 0. The minimum absolute atomic E-state index is 0.0168. The lowest BCUT2D eigenvalue weighted by molar-refractivity contribution is -0.136. The number of nitrogens with zero attached hydrogens (tertiary/aromatic N) is 2. The van der Waals surface area contributed by atoms with Crippen LogP contribution in [-0.4, -0.2) is 53.8 Å². The smallest absolute Gasteiger partial charge is 0.251 e. The quantitative estimate of drug-likeness (QED) is 0.851. The van der Waals surface area contributed by atoms with E-state index < -0.39 is 0 Å². The average molecular weight is 392 g/mol. The van der Waals surface area contributed by atoms with Crippen LogP contribution >= 0.6 is 0 Å². The Morgan fingerprint density at radius 3 is 2.03 bits per heavy atom. The Hall–Kier alpha value is -2.66. The maximum absolute atomic E-state index is 13.3. The molecule has 5 heteroatoms. The van der Waals surface area contributed by atoms with Gasteiger partial charge in [0.25, 0.3) is 5.91 Å². The van der Waals surface area contributed by atoms with Gasteiger partial charge in [0.15, 0.2) is 0 Å². The van der Waals surface area contributed by atoms with Gasteiger partial charge in [0.2, 0.25) is 5.91 Å². The van der Waals surface area contributed by atoms with Crippen LogP contribution in [0.25, 0.3) is 0 Å². The molecule has 0 aromatic heterocycles. The first-order valence-electron chi connectivity index (χ1n) is 10.7. The molecule has 1 N–H and O–H groups in total. The van der Waals surface area contributed by atoms with Crippen LogP contribution in [0.4, 0.5) is 0 Å². The molecule has 4 rings (SSSR count). The normalized spacial score (nSPS) is 19.1. The standard InChI is InChI=1S/C24H29N3O2/c28-23(20-11-5-2-6-12-20)25-21-13-17-26(18-14-21)22(19-9-3-1-4-10-19)24(29)27-15-7-8-16-27/h1-6,9-12,21-22H,7-8,13-18H2,(H,25,28). The Labute approximate surface area is 172 Å². The third-order valence-corrected chi connectivity index (χ3v) is 6.03. The summed E-state index contributed by atoms with van der Waals surface area (Å²) in [6.45, 7) is 3.34. The Bertz CT molecular complexity index is 811. The fourth-order valence-corrected chi connectivity index (χ4v) is 4.42. The van der Waals surface area contributed by atoms with E-state index in [4.69, 9.17) is 0 Å². The fourth-order valence-electron chi connectivity index (χ4n) is 4.42. The fraction of sp³-hybridized carbons (Fsp3) is 0.417. The van der Waals surface area contributed by atoms with Crippen LogP contribution in [-0.2, 0) is 4.79 Å². The second-order valence-electron chi connectivity index (χ2n) is 8.00. The number of hydrogen-bond donors (Lipinski definition) is 1. The first-order valence-corrected chi connectivity index (χ1v) is 10.7. The van der Waals surface area contributed by atoms with E-state index in [0.29, 0.717) is 5.56 Å². The number of benzene rings is 2. The van der Waals surface area contributed by atoms with Gasteiger partial charge in [-0.25, -0.2) is 0 Å². The number of amides is 2. The van der Waals surface area contributed by atoms with Gasteiger partial charge in [0, 0.05) is 37.8 Å². The molecule has 2 aliphatic rings. The summed E-state index contributed by atoms with van der Waals surface area (Å²) < 4.78 is 0. The Balaban J connectivity index is 1.41. The molecule has 29 heavy (non-hydrogen) atoms. The molecule has 0 saturated carbocycles. The summed E-state index contributed by atoms with van der Waals surface area (Å²) >= 11 is 0. The molecule has 2 aromatic rings. The third-order valence-electron chi connectivity index (χ3n) is 6.03. The van der Waals surface area contributed by atoms with Gasteiger partial charge in [-0.15, -0.1) is 0 Å². The highest BCUT2D eigenvalue weighted by Crippen LogP contribution is 2.28. The minimum atomic E-state index is -0.222. The maximum Gasteiger partial charge on any atom is 0.251 e. The molecule has 2 aromatic carbocycles. The van der Waals surface area contributed by atoms with Crippen LogP contribution in [0.1, 0.15) is 47.6 Å². The zero-order valence-electron chi connectivity index (χ0n) is 16.8. The number of piperidine rings is 1. The Morgan fingerprint density at radius 2 is 1.41 bits per heavy atom. The van der Waals surface area contributed by atoms with E-state index in [9.17, 15) is 9.59 Å². The number of likely N-dealkylation sites (tertiary alicyclic amines) is 2. The topological polar surface area (TPSA) is 52.7 Å². The van der Waals surface area contributed by atoms with Gasteiger partial charge in [0.1, 0.15) is 6.04 Å². The zero-order chi connectivity index (χ0) is 20.1. The Morgan fingerprint density at radius 1 is 0.828 bits per heavy atom. The van der Waals surface area contributed by atoms with Crippen LogP contribution in [0.5, 0.6) is 0 Å². The second-order valence-corrected chi connectivity index (χ2v) is 8.00. The molecular formula is C24H29N3O2. The average Bonchev–Trinajstić information content (AvgIpc) is 3.31. The van der Waals surface area contributed by atoms with E-state index >= 15 is 0 Å².